The van der Waals surface area contributed by atoms with Crippen molar-refractivity contribution in [1.82, 2.24) is 9.78 Å². The van der Waals surface area contributed by atoms with Crippen LogP contribution in [0.5, 0.6) is 0 Å². The van der Waals surface area contributed by atoms with Crippen LogP contribution in [0.4, 0.5) is 18.9 Å². The third-order valence-corrected chi connectivity index (χ3v) is 4.67. The zero-order valence-corrected chi connectivity index (χ0v) is 13.7. The number of hydrogen-bond acceptors (Lipinski definition) is 4. The molecule has 1 aromatic heterocycles. The van der Waals surface area contributed by atoms with Gasteiger partial charge in [-0.25, -0.2) is 13.2 Å². The molecule has 0 unspecified atom stereocenters. The van der Waals surface area contributed by atoms with Crippen LogP contribution in [-0.4, -0.2) is 35.5 Å². The number of sulfonamides is 1. The second-order valence-corrected chi connectivity index (χ2v) is 6.78. The van der Waals surface area contributed by atoms with Crippen molar-refractivity contribution in [3.8, 4) is 0 Å². The van der Waals surface area contributed by atoms with Crippen LogP contribution >= 0.6 is 0 Å². The Kier molecular flexibility index (Phi) is 5.07. The van der Waals surface area contributed by atoms with Crippen molar-refractivity contribution in [3.63, 3.8) is 0 Å². The number of carbonyl (C=O) groups is 1. The number of aromatic nitrogens is 2. The summed E-state index contributed by atoms with van der Waals surface area (Å²) < 4.78 is 64.6. The summed E-state index contributed by atoms with van der Waals surface area (Å²) in [6.45, 7) is 0.333. The Balaban J connectivity index is 2.33. The molecule has 11 heteroatoms. The molecular formula is C14H14F3N3O4S. The predicted octanol–water partition coefficient (Wildman–Crippen LogP) is 2.51. The van der Waals surface area contributed by atoms with Crippen LogP contribution in [0.3, 0.4) is 0 Å². The topological polar surface area (TPSA) is 101 Å². The molecule has 0 amide bonds. The number of aromatic carboxylic acids is 1. The summed E-state index contributed by atoms with van der Waals surface area (Å²) in [6.07, 6.45) is -2.33. The van der Waals surface area contributed by atoms with Crippen LogP contribution in [-0.2, 0) is 23.0 Å². The number of halogens is 3. The average Bonchev–Trinajstić information content (AvgIpc) is 2.90. The number of hydrogen-bond donors (Lipinski definition) is 2. The first kappa shape index (κ1) is 18.8. The number of carboxylic acid groups (broad SMARTS) is 1. The van der Waals surface area contributed by atoms with Gasteiger partial charge in [-0.1, -0.05) is 13.0 Å². The second kappa shape index (κ2) is 6.75. The van der Waals surface area contributed by atoms with Gasteiger partial charge >= 0.3 is 12.1 Å². The highest BCUT2D eigenvalue weighted by Crippen LogP contribution is 2.23. The van der Waals surface area contributed by atoms with E-state index in [1.54, 1.807) is 6.92 Å². The molecule has 7 nitrogen and oxygen atoms in total. The number of carboxylic acids is 1. The van der Waals surface area contributed by atoms with Crippen molar-refractivity contribution in [3.05, 3.63) is 41.7 Å². The maximum Gasteiger partial charge on any atom is 0.408 e. The zero-order chi connectivity index (χ0) is 18.8. The van der Waals surface area contributed by atoms with Crippen molar-refractivity contribution in [1.29, 1.82) is 0 Å². The highest BCUT2D eigenvalue weighted by Gasteiger charge is 2.28. The van der Waals surface area contributed by atoms with Gasteiger partial charge in [0, 0.05) is 6.20 Å². The third kappa shape index (κ3) is 4.72. The molecular weight excluding hydrogens is 363 g/mol. The van der Waals surface area contributed by atoms with Crippen molar-refractivity contribution in [2.75, 3.05) is 4.72 Å². The van der Waals surface area contributed by atoms with Gasteiger partial charge < -0.3 is 5.11 Å². The normalized spacial score (nSPS) is 12.2. The minimum Gasteiger partial charge on any atom is -0.478 e. The first-order chi connectivity index (χ1) is 11.5. The molecule has 0 fully saturated rings. The number of rotatable bonds is 6. The molecule has 0 saturated heterocycles. The Labute approximate surface area is 141 Å². The van der Waals surface area contributed by atoms with Crippen molar-refractivity contribution >= 4 is 21.7 Å². The number of aryl methyl sites for hydroxylation is 1. The number of benzene rings is 1. The molecule has 0 aliphatic rings. The molecule has 0 radical (unpaired) electrons. The van der Waals surface area contributed by atoms with E-state index in [9.17, 15) is 26.4 Å². The lowest BCUT2D eigenvalue weighted by Gasteiger charge is -2.11. The highest BCUT2D eigenvalue weighted by atomic mass is 32.2. The molecule has 2 rings (SSSR count). The fraction of sp³-hybridized carbons (Fsp3) is 0.286. The molecule has 1 aromatic carbocycles. The van der Waals surface area contributed by atoms with Crippen LogP contribution in [0.1, 0.15) is 22.8 Å². The van der Waals surface area contributed by atoms with Gasteiger partial charge in [0.2, 0.25) is 0 Å². The molecule has 0 spiro atoms. The van der Waals surface area contributed by atoms with Gasteiger partial charge in [-0.3, -0.25) is 9.40 Å². The summed E-state index contributed by atoms with van der Waals surface area (Å²) in [4.78, 5) is 10.8. The first-order valence-corrected chi connectivity index (χ1v) is 8.48. The second-order valence-electron chi connectivity index (χ2n) is 5.13. The SMILES string of the molecule is CCc1ccc(C(=O)O)cc1S(=O)(=O)Nc1cnn(CC(F)(F)F)c1. The van der Waals surface area contributed by atoms with Crippen molar-refractivity contribution in [2.24, 2.45) is 0 Å². The van der Waals surface area contributed by atoms with E-state index >= 15 is 0 Å². The van der Waals surface area contributed by atoms with Crippen LogP contribution in [0, 0.1) is 0 Å². The van der Waals surface area contributed by atoms with Crippen LogP contribution in [0.2, 0.25) is 0 Å². The van der Waals surface area contributed by atoms with E-state index in [0.717, 1.165) is 18.5 Å². The van der Waals surface area contributed by atoms with Gasteiger partial charge in [0.1, 0.15) is 6.54 Å². The average molecular weight is 377 g/mol. The van der Waals surface area contributed by atoms with E-state index in [1.165, 1.54) is 12.1 Å². The minimum absolute atomic E-state index is 0.160. The number of nitrogens with one attached hydrogen (secondary N) is 1. The number of alkyl halides is 3. The Morgan fingerprint density at radius 3 is 2.60 bits per heavy atom. The molecule has 25 heavy (non-hydrogen) atoms. The summed E-state index contributed by atoms with van der Waals surface area (Å²) in [5.41, 5.74) is -0.00226. The lowest BCUT2D eigenvalue weighted by molar-refractivity contribution is -0.142. The van der Waals surface area contributed by atoms with E-state index in [0.29, 0.717) is 16.7 Å². The van der Waals surface area contributed by atoms with E-state index in [-0.39, 0.29) is 16.1 Å². The lowest BCUT2D eigenvalue weighted by atomic mass is 10.1. The Morgan fingerprint density at radius 1 is 1.36 bits per heavy atom. The monoisotopic (exact) mass is 377 g/mol. The van der Waals surface area contributed by atoms with Crippen molar-refractivity contribution in [2.45, 2.75) is 31.0 Å². The highest BCUT2D eigenvalue weighted by molar-refractivity contribution is 7.92. The smallest absolute Gasteiger partial charge is 0.408 e. The molecule has 0 bridgehead atoms. The van der Waals surface area contributed by atoms with Gasteiger partial charge in [0.25, 0.3) is 10.0 Å². The minimum atomic E-state index is -4.49. The molecule has 136 valence electrons. The fourth-order valence-electron chi connectivity index (χ4n) is 2.13. The quantitative estimate of drug-likeness (QED) is 0.806. The Morgan fingerprint density at radius 2 is 2.04 bits per heavy atom. The predicted molar refractivity (Wildman–Crippen MR) is 81.9 cm³/mol. The van der Waals surface area contributed by atoms with Crippen LogP contribution in [0.25, 0.3) is 0 Å². The van der Waals surface area contributed by atoms with E-state index in [2.05, 4.69) is 9.82 Å². The summed E-state index contributed by atoms with van der Waals surface area (Å²) >= 11 is 0. The number of nitrogens with zero attached hydrogens (tertiary/aromatic N) is 2. The summed E-state index contributed by atoms with van der Waals surface area (Å²) in [6, 6.07) is 3.66. The van der Waals surface area contributed by atoms with Crippen LogP contribution < -0.4 is 4.72 Å². The van der Waals surface area contributed by atoms with E-state index in [4.69, 9.17) is 5.11 Å². The van der Waals surface area contributed by atoms with E-state index in [1.807, 2.05) is 0 Å². The van der Waals surface area contributed by atoms with Gasteiger partial charge in [-0.05, 0) is 24.1 Å². The van der Waals surface area contributed by atoms with Gasteiger partial charge in [-0.2, -0.15) is 18.3 Å². The summed E-state index contributed by atoms with van der Waals surface area (Å²) in [5.74, 6) is -1.29. The van der Waals surface area contributed by atoms with Gasteiger partial charge in [0.05, 0.1) is 22.3 Å². The maximum absolute atomic E-state index is 12.5. The molecule has 2 N–H and O–H groups in total. The fourth-order valence-corrected chi connectivity index (χ4v) is 3.49. The van der Waals surface area contributed by atoms with Gasteiger partial charge in [0.15, 0.2) is 0 Å². The largest absolute Gasteiger partial charge is 0.478 e. The number of anilines is 1. The standard InChI is InChI=1S/C14H14F3N3O4S/c1-2-9-3-4-10(13(21)22)5-12(9)25(23,24)19-11-6-18-20(7-11)8-14(15,16)17/h3-7,19H,2,8H2,1H3,(H,21,22). The lowest BCUT2D eigenvalue weighted by Crippen LogP contribution is -2.18. The molecule has 2 aromatic rings. The molecule has 0 aliphatic carbocycles. The van der Waals surface area contributed by atoms with Gasteiger partial charge in [-0.15, -0.1) is 0 Å². The third-order valence-electron chi connectivity index (χ3n) is 3.21. The molecule has 1 heterocycles. The van der Waals surface area contributed by atoms with Crippen LogP contribution in [0.15, 0.2) is 35.5 Å². The summed E-state index contributed by atoms with van der Waals surface area (Å²) in [5, 5.41) is 12.4. The molecule has 0 atom stereocenters. The van der Waals surface area contributed by atoms with E-state index < -0.39 is 28.7 Å². The first-order valence-electron chi connectivity index (χ1n) is 7.00. The maximum atomic E-state index is 12.5. The Bertz CT molecular complexity index is 891. The van der Waals surface area contributed by atoms with Crippen molar-refractivity contribution < 1.29 is 31.5 Å². The zero-order valence-electron chi connectivity index (χ0n) is 12.9. The molecule has 0 aliphatic heterocycles. The Hall–Kier alpha value is -2.56. The molecule has 0 saturated carbocycles. The summed E-state index contributed by atoms with van der Waals surface area (Å²) in [7, 11) is -4.19.